The summed E-state index contributed by atoms with van der Waals surface area (Å²) in [4.78, 5) is 1.02. The second kappa shape index (κ2) is 6.73. The lowest BCUT2D eigenvalue weighted by atomic mass is 10.3. The molecule has 0 radical (unpaired) electrons. The van der Waals surface area contributed by atoms with Crippen molar-refractivity contribution < 1.29 is 8.42 Å². The minimum Gasteiger partial charge on any atom is -0.206 e. The van der Waals surface area contributed by atoms with Crippen molar-refractivity contribution >= 4 is 33.0 Å². The number of unbranched alkanes of at least 4 members (excludes halogenated alkanes) is 1. The molecule has 0 saturated carbocycles. The van der Waals surface area contributed by atoms with Crippen molar-refractivity contribution in [3.05, 3.63) is 17.0 Å². The molecule has 0 fully saturated rings. The van der Waals surface area contributed by atoms with E-state index in [1.165, 1.54) is 15.6 Å². The summed E-state index contributed by atoms with van der Waals surface area (Å²) in [6.07, 6.45) is 2.60. The van der Waals surface area contributed by atoms with E-state index in [0.29, 0.717) is 16.6 Å². The predicted octanol–water partition coefficient (Wildman–Crippen LogP) is 2.95. The van der Waals surface area contributed by atoms with E-state index in [2.05, 4.69) is 0 Å². The molecule has 0 aliphatic heterocycles. The van der Waals surface area contributed by atoms with E-state index in [0.717, 1.165) is 24.1 Å². The number of thiophene rings is 1. The largest absolute Gasteiger partial charge is 0.252 e. The maximum absolute atomic E-state index is 12.2. The van der Waals surface area contributed by atoms with Gasteiger partial charge in [0.1, 0.15) is 4.21 Å². The highest BCUT2D eigenvalue weighted by Crippen LogP contribution is 2.25. The van der Waals surface area contributed by atoms with Gasteiger partial charge in [0, 0.05) is 24.3 Å². The summed E-state index contributed by atoms with van der Waals surface area (Å²) in [5.41, 5.74) is 0. The van der Waals surface area contributed by atoms with E-state index in [9.17, 15) is 8.42 Å². The van der Waals surface area contributed by atoms with Gasteiger partial charge in [0.15, 0.2) is 0 Å². The Morgan fingerprint density at radius 3 is 2.71 bits per heavy atom. The molecule has 1 aromatic heterocycles. The molecular formula is C11H18ClNO2S2. The molecule has 0 aliphatic carbocycles. The Balaban J connectivity index is 2.81. The molecule has 1 rings (SSSR count). The van der Waals surface area contributed by atoms with Crippen molar-refractivity contribution in [3.8, 4) is 0 Å². The molecule has 17 heavy (non-hydrogen) atoms. The molecule has 1 heterocycles. The quantitative estimate of drug-likeness (QED) is 0.725. The summed E-state index contributed by atoms with van der Waals surface area (Å²) in [5, 5.41) is 0. The Labute approximate surface area is 112 Å². The minimum atomic E-state index is -3.30. The fourth-order valence-electron chi connectivity index (χ4n) is 1.38. The number of aryl methyl sites for hydroxylation is 1. The number of rotatable bonds is 7. The zero-order valence-electron chi connectivity index (χ0n) is 10.1. The highest BCUT2D eigenvalue weighted by molar-refractivity contribution is 7.91. The number of halogens is 1. The smallest absolute Gasteiger partial charge is 0.206 e. The molecule has 0 saturated heterocycles. The van der Waals surface area contributed by atoms with Crippen LogP contribution < -0.4 is 0 Å². The standard InChI is InChI=1S/C11H18ClNO2S2/c1-3-4-9-13(2)17(14,15)11-6-5-10(16-11)7-8-12/h5-6H,3-4,7-9H2,1-2H3. The number of alkyl halides is 1. The van der Waals surface area contributed by atoms with Crippen LogP contribution in [0.3, 0.4) is 0 Å². The van der Waals surface area contributed by atoms with Crippen molar-refractivity contribution in [2.75, 3.05) is 19.5 Å². The van der Waals surface area contributed by atoms with Gasteiger partial charge in [-0.1, -0.05) is 13.3 Å². The van der Waals surface area contributed by atoms with Gasteiger partial charge in [0.25, 0.3) is 10.0 Å². The van der Waals surface area contributed by atoms with E-state index >= 15 is 0 Å². The summed E-state index contributed by atoms with van der Waals surface area (Å²) < 4.78 is 26.2. The molecule has 0 unspecified atom stereocenters. The van der Waals surface area contributed by atoms with Crippen LogP contribution in [0.4, 0.5) is 0 Å². The molecule has 0 aromatic carbocycles. The number of hydrogen-bond acceptors (Lipinski definition) is 3. The van der Waals surface area contributed by atoms with Crippen molar-refractivity contribution in [2.24, 2.45) is 0 Å². The third-order valence-electron chi connectivity index (χ3n) is 2.47. The van der Waals surface area contributed by atoms with Gasteiger partial charge in [-0.15, -0.1) is 22.9 Å². The summed E-state index contributed by atoms with van der Waals surface area (Å²) >= 11 is 6.95. The highest BCUT2D eigenvalue weighted by Gasteiger charge is 2.21. The third kappa shape index (κ3) is 3.95. The van der Waals surface area contributed by atoms with Crippen molar-refractivity contribution in [1.29, 1.82) is 0 Å². The molecule has 0 amide bonds. The fraction of sp³-hybridized carbons (Fsp3) is 0.636. The maximum Gasteiger partial charge on any atom is 0.252 e. The molecule has 0 N–H and O–H groups in total. The average Bonchev–Trinajstić information content (AvgIpc) is 2.75. The Kier molecular flexibility index (Phi) is 5.92. The van der Waals surface area contributed by atoms with Crippen molar-refractivity contribution in [2.45, 2.75) is 30.4 Å². The first-order valence-electron chi connectivity index (χ1n) is 5.63. The van der Waals surface area contributed by atoms with Crippen molar-refractivity contribution in [3.63, 3.8) is 0 Å². The summed E-state index contributed by atoms with van der Waals surface area (Å²) in [6.45, 7) is 2.62. The van der Waals surface area contributed by atoms with Crippen LogP contribution >= 0.6 is 22.9 Å². The van der Waals surface area contributed by atoms with Gasteiger partial charge in [0.05, 0.1) is 0 Å². The van der Waals surface area contributed by atoms with E-state index in [-0.39, 0.29) is 0 Å². The van der Waals surface area contributed by atoms with Crippen LogP contribution in [0.5, 0.6) is 0 Å². The molecular weight excluding hydrogens is 278 g/mol. The van der Waals surface area contributed by atoms with Gasteiger partial charge < -0.3 is 0 Å². The Morgan fingerprint density at radius 1 is 1.41 bits per heavy atom. The maximum atomic E-state index is 12.2. The lowest BCUT2D eigenvalue weighted by molar-refractivity contribution is 0.461. The normalized spacial score (nSPS) is 12.2. The molecule has 1 aromatic rings. The van der Waals surface area contributed by atoms with Gasteiger partial charge in [-0.25, -0.2) is 12.7 Å². The first kappa shape index (κ1) is 15.0. The number of hydrogen-bond donors (Lipinski definition) is 0. The molecule has 98 valence electrons. The van der Waals surface area contributed by atoms with Crippen LogP contribution in [0, 0.1) is 0 Å². The van der Waals surface area contributed by atoms with Gasteiger partial charge in [-0.05, 0) is 25.0 Å². The molecule has 0 aliphatic rings. The molecule has 0 spiro atoms. The zero-order chi connectivity index (χ0) is 12.9. The average molecular weight is 296 g/mol. The molecule has 0 atom stereocenters. The summed E-state index contributed by atoms with van der Waals surface area (Å²) in [6, 6.07) is 3.51. The zero-order valence-corrected chi connectivity index (χ0v) is 12.5. The summed E-state index contributed by atoms with van der Waals surface area (Å²) in [7, 11) is -1.67. The minimum absolute atomic E-state index is 0.413. The van der Waals surface area contributed by atoms with E-state index < -0.39 is 10.0 Å². The number of nitrogens with zero attached hydrogens (tertiary/aromatic N) is 1. The van der Waals surface area contributed by atoms with Crippen molar-refractivity contribution in [1.82, 2.24) is 4.31 Å². The lowest BCUT2D eigenvalue weighted by Gasteiger charge is -2.15. The topological polar surface area (TPSA) is 37.4 Å². The number of sulfonamides is 1. The Hall–Kier alpha value is -0.100. The predicted molar refractivity (Wildman–Crippen MR) is 73.5 cm³/mol. The Bertz CT molecular complexity index is 442. The fourth-order valence-corrected chi connectivity index (χ4v) is 4.47. The molecule has 6 heteroatoms. The molecule has 3 nitrogen and oxygen atoms in total. The second-order valence-corrected chi connectivity index (χ2v) is 7.66. The van der Waals surface area contributed by atoms with Gasteiger partial charge in [-0.3, -0.25) is 0 Å². The van der Waals surface area contributed by atoms with Gasteiger partial charge >= 0.3 is 0 Å². The first-order valence-corrected chi connectivity index (χ1v) is 8.42. The Morgan fingerprint density at radius 2 is 2.12 bits per heavy atom. The van der Waals surface area contributed by atoms with E-state index in [1.54, 1.807) is 13.1 Å². The van der Waals surface area contributed by atoms with E-state index in [4.69, 9.17) is 11.6 Å². The monoisotopic (exact) mass is 295 g/mol. The third-order valence-corrected chi connectivity index (χ3v) is 6.13. The highest BCUT2D eigenvalue weighted by atomic mass is 35.5. The first-order chi connectivity index (χ1) is 8.02. The van der Waals surface area contributed by atoms with Crippen LogP contribution in [0.1, 0.15) is 24.6 Å². The van der Waals surface area contributed by atoms with Gasteiger partial charge in [0.2, 0.25) is 0 Å². The second-order valence-electron chi connectivity index (χ2n) is 3.84. The SMILES string of the molecule is CCCCN(C)S(=O)(=O)c1ccc(CCCl)s1. The van der Waals surface area contributed by atoms with Crippen LogP contribution in [0.15, 0.2) is 16.3 Å². The van der Waals surface area contributed by atoms with Crippen LogP contribution in [-0.4, -0.2) is 32.2 Å². The lowest BCUT2D eigenvalue weighted by Crippen LogP contribution is -2.27. The van der Waals surface area contributed by atoms with Crippen LogP contribution in [-0.2, 0) is 16.4 Å². The van der Waals surface area contributed by atoms with Crippen LogP contribution in [0.2, 0.25) is 0 Å². The summed E-state index contributed by atoms with van der Waals surface area (Å²) in [5.74, 6) is 0.520. The molecule has 0 bridgehead atoms. The van der Waals surface area contributed by atoms with Crippen LogP contribution in [0.25, 0.3) is 0 Å². The van der Waals surface area contributed by atoms with Gasteiger partial charge in [-0.2, -0.15) is 0 Å². The van der Waals surface area contributed by atoms with E-state index in [1.807, 2.05) is 13.0 Å².